The minimum absolute atomic E-state index is 0.0414. The van der Waals surface area contributed by atoms with Crippen LogP contribution in [0.15, 0.2) is 35.0 Å². The van der Waals surface area contributed by atoms with Gasteiger partial charge < -0.3 is 14.5 Å². The lowest BCUT2D eigenvalue weighted by atomic mass is 10.1. The summed E-state index contributed by atoms with van der Waals surface area (Å²) in [5.74, 6) is 0.425. The van der Waals surface area contributed by atoms with E-state index in [0.29, 0.717) is 29.3 Å². The first-order valence-electron chi connectivity index (χ1n) is 8.10. The average molecular weight is 390 g/mol. The number of rotatable bonds is 7. The molecule has 0 amide bonds. The molecule has 0 atom stereocenters. The van der Waals surface area contributed by atoms with Crippen LogP contribution >= 0.6 is 11.6 Å². The van der Waals surface area contributed by atoms with Crippen LogP contribution in [0.4, 0.5) is 5.82 Å². The fourth-order valence-corrected chi connectivity index (χ4v) is 2.71. The van der Waals surface area contributed by atoms with Gasteiger partial charge in [0.2, 0.25) is 0 Å². The second-order valence-electron chi connectivity index (χ2n) is 5.74. The summed E-state index contributed by atoms with van der Waals surface area (Å²) >= 11 is 5.77. The third-order valence-corrected chi connectivity index (χ3v) is 4.07. The monoisotopic (exact) mass is 389 g/mol. The minimum Gasteiger partial charge on any atom is -0.460 e. The van der Waals surface area contributed by atoms with Gasteiger partial charge in [-0.05, 0) is 43.1 Å². The molecule has 3 rings (SSSR count). The van der Waals surface area contributed by atoms with Crippen LogP contribution in [0.3, 0.4) is 0 Å². The van der Waals surface area contributed by atoms with Crippen molar-refractivity contribution in [2.75, 3.05) is 0 Å². The zero-order valence-corrected chi connectivity index (χ0v) is 15.4. The molecule has 27 heavy (non-hydrogen) atoms. The fourth-order valence-electron chi connectivity index (χ4n) is 2.49. The third-order valence-electron chi connectivity index (χ3n) is 3.81. The molecule has 140 valence electrons. The highest BCUT2D eigenvalue weighted by Gasteiger charge is 2.19. The van der Waals surface area contributed by atoms with E-state index in [1.54, 1.807) is 36.0 Å². The van der Waals surface area contributed by atoms with Crippen LogP contribution in [0.2, 0.25) is 5.02 Å². The van der Waals surface area contributed by atoms with E-state index in [-0.39, 0.29) is 17.4 Å². The van der Waals surface area contributed by atoms with E-state index in [9.17, 15) is 14.9 Å². The highest BCUT2D eigenvalue weighted by atomic mass is 35.5. The maximum Gasteiger partial charge on any atom is 0.408 e. The van der Waals surface area contributed by atoms with E-state index in [1.165, 1.54) is 17.0 Å². The van der Waals surface area contributed by atoms with Crippen molar-refractivity contribution in [3.8, 4) is 0 Å². The number of carbonyl (C=O) groups excluding carboxylic acids is 1. The van der Waals surface area contributed by atoms with Crippen LogP contribution < -0.4 is 0 Å². The second kappa shape index (κ2) is 7.58. The summed E-state index contributed by atoms with van der Waals surface area (Å²) in [6.45, 7) is 4.60. The Morgan fingerprint density at radius 3 is 2.74 bits per heavy atom. The zero-order valence-electron chi connectivity index (χ0n) is 14.6. The summed E-state index contributed by atoms with van der Waals surface area (Å²) in [5.41, 5.74) is 1.21. The molecule has 0 unspecified atom stereocenters. The zero-order chi connectivity index (χ0) is 19.6. The number of ketones is 1. The second-order valence-corrected chi connectivity index (χ2v) is 6.15. The van der Waals surface area contributed by atoms with E-state index >= 15 is 0 Å². The predicted octanol–water partition coefficient (Wildman–Crippen LogP) is 3.51. The molecule has 0 radical (unpaired) electrons. The van der Waals surface area contributed by atoms with Crippen LogP contribution in [0.25, 0.3) is 6.08 Å². The van der Waals surface area contributed by atoms with E-state index in [0.717, 1.165) is 0 Å². The number of nitrogens with zero attached hydrogens (tertiary/aromatic N) is 5. The van der Waals surface area contributed by atoms with Crippen LogP contribution in [-0.4, -0.2) is 30.3 Å². The summed E-state index contributed by atoms with van der Waals surface area (Å²) in [7, 11) is 0. The van der Waals surface area contributed by atoms with Gasteiger partial charge in [-0.1, -0.05) is 11.6 Å². The normalized spacial score (nSPS) is 11.4. The Labute approximate surface area is 159 Å². The highest BCUT2D eigenvalue weighted by molar-refractivity contribution is 6.32. The summed E-state index contributed by atoms with van der Waals surface area (Å²) in [4.78, 5) is 22.4. The van der Waals surface area contributed by atoms with Gasteiger partial charge in [-0.3, -0.25) is 9.48 Å². The van der Waals surface area contributed by atoms with Crippen molar-refractivity contribution < 1.29 is 14.1 Å². The standard InChI is InChI=1S/C17H16ClN5O4/c1-3-21-9-14(11(2)19-21)16(24)7-6-12-4-5-13(27-12)8-22-10-15(18)17(20-22)23(25)26/h4-7,9-10H,3,8H2,1-2H3/b7-6+. The van der Waals surface area contributed by atoms with E-state index in [2.05, 4.69) is 10.2 Å². The summed E-state index contributed by atoms with van der Waals surface area (Å²) in [6, 6.07) is 3.40. The molecule has 0 spiro atoms. The van der Waals surface area contributed by atoms with Crippen LogP contribution in [-0.2, 0) is 13.1 Å². The van der Waals surface area contributed by atoms with Crippen molar-refractivity contribution >= 4 is 29.3 Å². The molecule has 0 N–H and O–H groups in total. The van der Waals surface area contributed by atoms with E-state index < -0.39 is 10.7 Å². The minimum atomic E-state index is -0.649. The Balaban J connectivity index is 1.69. The van der Waals surface area contributed by atoms with Gasteiger partial charge in [0.1, 0.15) is 18.1 Å². The van der Waals surface area contributed by atoms with E-state index in [1.807, 2.05) is 6.92 Å². The molecule has 0 saturated carbocycles. The van der Waals surface area contributed by atoms with Crippen molar-refractivity contribution in [1.29, 1.82) is 0 Å². The lowest BCUT2D eigenvalue weighted by Crippen LogP contribution is -2.00. The van der Waals surface area contributed by atoms with Gasteiger partial charge in [0.05, 0.1) is 22.6 Å². The Bertz CT molecular complexity index is 1030. The smallest absolute Gasteiger partial charge is 0.408 e. The lowest BCUT2D eigenvalue weighted by Gasteiger charge is -1.93. The molecule has 3 heterocycles. The lowest BCUT2D eigenvalue weighted by molar-refractivity contribution is -0.389. The number of hydrogen-bond donors (Lipinski definition) is 0. The van der Waals surface area contributed by atoms with E-state index in [4.69, 9.17) is 16.0 Å². The average Bonchev–Trinajstić information content (AvgIpc) is 3.32. The van der Waals surface area contributed by atoms with Crippen molar-refractivity contribution in [3.63, 3.8) is 0 Å². The Kier molecular flexibility index (Phi) is 5.22. The van der Waals surface area contributed by atoms with Crippen molar-refractivity contribution in [2.24, 2.45) is 0 Å². The van der Waals surface area contributed by atoms with Gasteiger partial charge in [-0.25, -0.2) is 0 Å². The Morgan fingerprint density at radius 1 is 1.33 bits per heavy atom. The predicted molar refractivity (Wildman–Crippen MR) is 97.7 cm³/mol. The van der Waals surface area contributed by atoms with Gasteiger partial charge in [0, 0.05) is 12.7 Å². The van der Waals surface area contributed by atoms with Gasteiger partial charge >= 0.3 is 5.82 Å². The molecule has 0 aliphatic heterocycles. The summed E-state index contributed by atoms with van der Waals surface area (Å²) in [6.07, 6.45) is 6.05. The molecule has 0 aliphatic rings. The molecule has 0 aliphatic carbocycles. The largest absolute Gasteiger partial charge is 0.460 e. The number of furan rings is 1. The maximum atomic E-state index is 12.3. The fraction of sp³-hybridized carbons (Fsp3) is 0.235. The molecule has 0 aromatic carbocycles. The van der Waals surface area contributed by atoms with Crippen LogP contribution in [0.5, 0.6) is 0 Å². The number of allylic oxidation sites excluding steroid dienone is 1. The van der Waals surface area contributed by atoms with Gasteiger partial charge in [0.15, 0.2) is 10.8 Å². The summed E-state index contributed by atoms with van der Waals surface area (Å²) in [5, 5.41) is 18.8. The molecule has 0 saturated heterocycles. The molecule has 3 aromatic heterocycles. The first-order chi connectivity index (χ1) is 12.9. The number of aromatic nitrogens is 4. The van der Waals surface area contributed by atoms with Gasteiger partial charge in [0.25, 0.3) is 0 Å². The number of nitro groups is 1. The SMILES string of the molecule is CCn1cc(C(=O)/C=C/c2ccc(Cn3cc(Cl)c([N+](=O)[O-])n3)o2)c(C)n1. The topological polar surface area (TPSA) is 109 Å². The number of halogens is 1. The summed E-state index contributed by atoms with van der Waals surface area (Å²) < 4.78 is 8.63. The van der Waals surface area contributed by atoms with Crippen LogP contribution in [0, 0.1) is 17.0 Å². The quantitative estimate of drug-likeness (QED) is 0.265. The number of hydrogen-bond acceptors (Lipinski definition) is 6. The third kappa shape index (κ3) is 4.14. The van der Waals surface area contributed by atoms with Gasteiger partial charge in [-0.2, -0.15) is 9.78 Å². The molecule has 0 bridgehead atoms. The Hall–Kier alpha value is -3.20. The van der Waals surface area contributed by atoms with Gasteiger partial charge in [-0.15, -0.1) is 0 Å². The number of carbonyl (C=O) groups is 1. The first kappa shape index (κ1) is 18.6. The highest BCUT2D eigenvalue weighted by Crippen LogP contribution is 2.22. The molecule has 10 heteroatoms. The first-order valence-corrected chi connectivity index (χ1v) is 8.47. The van der Waals surface area contributed by atoms with Crippen molar-refractivity contribution in [3.05, 3.63) is 68.5 Å². The number of aryl methyl sites for hydroxylation is 2. The molecular weight excluding hydrogens is 374 g/mol. The van der Waals surface area contributed by atoms with Crippen molar-refractivity contribution in [2.45, 2.75) is 26.9 Å². The van der Waals surface area contributed by atoms with Crippen LogP contribution in [0.1, 0.15) is 34.5 Å². The van der Waals surface area contributed by atoms with Crippen molar-refractivity contribution in [1.82, 2.24) is 19.6 Å². The Morgan fingerprint density at radius 2 is 2.11 bits per heavy atom. The molecule has 9 nitrogen and oxygen atoms in total. The maximum absolute atomic E-state index is 12.3. The molecule has 3 aromatic rings. The molecule has 0 fully saturated rings. The molecular formula is C17H16ClN5O4.